The Morgan fingerprint density at radius 3 is 2.46 bits per heavy atom. The number of ether oxygens (including phenoxy) is 1. The summed E-state index contributed by atoms with van der Waals surface area (Å²) in [4.78, 5) is 12.5. The monoisotopic (exact) mass is 379 g/mol. The first-order valence-electron chi connectivity index (χ1n) is 7.89. The fourth-order valence-electron chi connectivity index (χ4n) is 2.38. The Balaban J connectivity index is 1.91. The van der Waals surface area contributed by atoms with Crippen molar-refractivity contribution >= 4 is 15.7 Å². The minimum absolute atomic E-state index is 0.0248. The molecule has 2 N–H and O–H groups in total. The van der Waals surface area contributed by atoms with Gasteiger partial charge in [0.25, 0.3) is 5.69 Å². The molecule has 0 fully saturated rings. The molecule has 0 aliphatic rings. The SMILES string of the molecule is C[C@H](c1cccc([N+](=O)[O-])c1)N(C)CCOc1ccc(S(N)(=O)=O)cc1. The van der Waals surface area contributed by atoms with Crippen LogP contribution in [0.3, 0.4) is 0 Å². The van der Waals surface area contributed by atoms with Crippen LogP contribution >= 0.6 is 0 Å². The molecule has 1 atom stereocenters. The highest BCUT2D eigenvalue weighted by Gasteiger charge is 2.15. The van der Waals surface area contributed by atoms with E-state index in [0.717, 1.165) is 5.56 Å². The van der Waals surface area contributed by atoms with Crippen LogP contribution in [0, 0.1) is 10.1 Å². The molecule has 0 saturated heterocycles. The molecule has 0 spiro atoms. The number of nitro benzene ring substituents is 1. The minimum Gasteiger partial charge on any atom is -0.492 e. The number of rotatable bonds is 8. The van der Waals surface area contributed by atoms with Crippen molar-refractivity contribution in [3.8, 4) is 5.75 Å². The number of non-ortho nitro benzene ring substituents is 1. The topological polar surface area (TPSA) is 116 Å². The molecular formula is C17H21N3O5S. The van der Waals surface area contributed by atoms with Gasteiger partial charge in [-0.15, -0.1) is 0 Å². The van der Waals surface area contributed by atoms with Gasteiger partial charge >= 0.3 is 0 Å². The van der Waals surface area contributed by atoms with Crippen molar-refractivity contribution < 1.29 is 18.1 Å². The maximum Gasteiger partial charge on any atom is 0.269 e. The molecule has 0 aromatic heterocycles. The summed E-state index contributed by atoms with van der Waals surface area (Å²) < 4.78 is 28.0. The smallest absolute Gasteiger partial charge is 0.269 e. The van der Waals surface area contributed by atoms with Crippen LogP contribution in [-0.4, -0.2) is 38.4 Å². The third-order valence-electron chi connectivity index (χ3n) is 4.09. The maximum atomic E-state index is 11.2. The van der Waals surface area contributed by atoms with Gasteiger partial charge in [-0.25, -0.2) is 13.6 Å². The number of nitrogens with two attached hydrogens (primary N) is 1. The van der Waals surface area contributed by atoms with Crippen LogP contribution in [0.5, 0.6) is 5.75 Å². The van der Waals surface area contributed by atoms with Crippen molar-refractivity contribution in [1.82, 2.24) is 4.90 Å². The molecule has 0 aliphatic heterocycles. The third kappa shape index (κ3) is 5.25. The fraction of sp³-hybridized carbons (Fsp3) is 0.294. The molecule has 9 heteroatoms. The molecular weight excluding hydrogens is 358 g/mol. The number of primary sulfonamides is 1. The van der Waals surface area contributed by atoms with E-state index in [0.29, 0.717) is 18.9 Å². The predicted octanol–water partition coefficient (Wildman–Crippen LogP) is 2.31. The second-order valence-corrected chi connectivity index (χ2v) is 7.43. The number of hydrogen-bond acceptors (Lipinski definition) is 6. The molecule has 0 unspecified atom stereocenters. The number of benzene rings is 2. The van der Waals surface area contributed by atoms with Gasteiger partial charge < -0.3 is 4.74 Å². The summed E-state index contributed by atoms with van der Waals surface area (Å²) in [5.74, 6) is 0.536. The Morgan fingerprint density at radius 2 is 1.88 bits per heavy atom. The molecule has 0 heterocycles. The predicted molar refractivity (Wildman–Crippen MR) is 97.5 cm³/mol. The lowest BCUT2D eigenvalue weighted by Gasteiger charge is -2.25. The molecule has 0 aliphatic carbocycles. The highest BCUT2D eigenvalue weighted by molar-refractivity contribution is 7.89. The summed E-state index contributed by atoms with van der Waals surface area (Å²) in [6.07, 6.45) is 0. The number of hydrogen-bond donors (Lipinski definition) is 1. The van der Waals surface area contributed by atoms with Gasteiger partial charge in [-0.1, -0.05) is 12.1 Å². The third-order valence-corrected chi connectivity index (χ3v) is 5.02. The summed E-state index contributed by atoms with van der Waals surface area (Å²) in [6.45, 7) is 2.92. The molecule has 2 aromatic carbocycles. The molecule has 8 nitrogen and oxygen atoms in total. The van der Waals surface area contributed by atoms with E-state index >= 15 is 0 Å². The lowest BCUT2D eigenvalue weighted by molar-refractivity contribution is -0.384. The Bertz CT molecular complexity index is 868. The first-order valence-corrected chi connectivity index (χ1v) is 9.43. The molecule has 2 rings (SSSR count). The summed E-state index contributed by atoms with van der Waals surface area (Å²) in [5, 5.41) is 15.9. The summed E-state index contributed by atoms with van der Waals surface area (Å²) >= 11 is 0. The largest absolute Gasteiger partial charge is 0.492 e. The molecule has 0 saturated carbocycles. The Hall–Kier alpha value is -2.49. The van der Waals surface area contributed by atoms with Gasteiger partial charge in [0.2, 0.25) is 10.0 Å². The summed E-state index contributed by atoms with van der Waals surface area (Å²) in [6, 6.07) is 12.4. The highest BCUT2D eigenvalue weighted by atomic mass is 32.2. The van der Waals surface area contributed by atoms with Crippen LogP contribution in [0.4, 0.5) is 5.69 Å². The van der Waals surface area contributed by atoms with Crippen molar-refractivity contribution in [2.75, 3.05) is 20.2 Å². The van der Waals surface area contributed by atoms with Crippen molar-refractivity contribution in [2.45, 2.75) is 17.9 Å². The van der Waals surface area contributed by atoms with Gasteiger partial charge in [-0.05, 0) is 43.8 Å². The molecule has 0 radical (unpaired) electrons. The number of likely N-dealkylation sites (N-methyl/N-ethyl adjacent to an activating group) is 1. The van der Waals surface area contributed by atoms with Crippen LogP contribution in [-0.2, 0) is 10.0 Å². The first-order chi connectivity index (χ1) is 12.2. The van der Waals surface area contributed by atoms with E-state index in [4.69, 9.17) is 9.88 Å². The van der Waals surface area contributed by atoms with E-state index < -0.39 is 14.9 Å². The number of sulfonamides is 1. The number of nitro groups is 1. The van der Waals surface area contributed by atoms with Crippen LogP contribution in [0.2, 0.25) is 0 Å². The fourth-order valence-corrected chi connectivity index (χ4v) is 2.89. The van der Waals surface area contributed by atoms with E-state index in [1.165, 1.54) is 18.2 Å². The standard InChI is InChI=1S/C17H21N3O5S/c1-13(14-4-3-5-15(12-14)20(21)22)19(2)10-11-25-16-6-8-17(9-7-16)26(18,23)24/h3-9,12-13H,10-11H2,1-2H3,(H2,18,23,24)/t13-/m1/s1. The zero-order valence-electron chi connectivity index (χ0n) is 14.5. The average Bonchev–Trinajstić information content (AvgIpc) is 2.60. The molecule has 0 bridgehead atoms. The van der Waals surface area contributed by atoms with Gasteiger partial charge in [0.15, 0.2) is 0 Å². The normalized spacial score (nSPS) is 12.8. The minimum atomic E-state index is -3.72. The lowest BCUT2D eigenvalue weighted by atomic mass is 10.1. The number of nitrogens with zero attached hydrogens (tertiary/aromatic N) is 2. The maximum absolute atomic E-state index is 11.2. The quantitative estimate of drug-likeness (QED) is 0.556. The van der Waals surface area contributed by atoms with Gasteiger partial charge in [-0.2, -0.15) is 0 Å². The molecule has 2 aromatic rings. The average molecular weight is 379 g/mol. The Kier molecular flexibility index (Phi) is 6.30. The van der Waals surface area contributed by atoms with Crippen LogP contribution in [0.15, 0.2) is 53.4 Å². The molecule has 140 valence electrons. The van der Waals surface area contributed by atoms with Gasteiger partial charge in [0, 0.05) is 24.7 Å². The lowest BCUT2D eigenvalue weighted by Crippen LogP contribution is -2.27. The van der Waals surface area contributed by atoms with E-state index in [2.05, 4.69) is 0 Å². The summed E-state index contributed by atoms with van der Waals surface area (Å²) in [5.41, 5.74) is 0.910. The van der Waals surface area contributed by atoms with Crippen LogP contribution < -0.4 is 9.88 Å². The van der Waals surface area contributed by atoms with Crippen molar-refractivity contribution in [2.24, 2.45) is 5.14 Å². The van der Waals surface area contributed by atoms with Gasteiger partial charge in [0.05, 0.1) is 9.82 Å². The van der Waals surface area contributed by atoms with Crippen molar-refractivity contribution in [1.29, 1.82) is 0 Å². The Morgan fingerprint density at radius 1 is 1.23 bits per heavy atom. The second kappa shape index (κ2) is 8.26. The van der Waals surface area contributed by atoms with E-state index in [1.54, 1.807) is 24.3 Å². The van der Waals surface area contributed by atoms with E-state index in [1.807, 2.05) is 24.9 Å². The van der Waals surface area contributed by atoms with Crippen molar-refractivity contribution in [3.05, 3.63) is 64.2 Å². The second-order valence-electron chi connectivity index (χ2n) is 5.87. The Labute approximate surface area is 152 Å². The van der Waals surface area contributed by atoms with E-state index in [9.17, 15) is 18.5 Å². The van der Waals surface area contributed by atoms with Crippen LogP contribution in [0.1, 0.15) is 18.5 Å². The van der Waals surface area contributed by atoms with E-state index in [-0.39, 0.29) is 16.6 Å². The first kappa shape index (κ1) is 19.8. The van der Waals surface area contributed by atoms with Gasteiger partial charge in [0.1, 0.15) is 12.4 Å². The van der Waals surface area contributed by atoms with Crippen LogP contribution in [0.25, 0.3) is 0 Å². The zero-order valence-corrected chi connectivity index (χ0v) is 15.3. The highest BCUT2D eigenvalue weighted by Crippen LogP contribution is 2.23. The van der Waals surface area contributed by atoms with Crippen molar-refractivity contribution in [3.63, 3.8) is 0 Å². The summed E-state index contributed by atoms with van der Waals surface area (Å²) in [7, 11) is -1.82. The molecule has 0 amide bonds. The zero-order chi connectivity index (χ0) is 19.3. The molecule has 26 heavy (non-hydrogen) atoms. The van der Waals surface area contributed by atoms with Gasteiger partial charge in [-0.3, -0.25) is 15.0 Å².